The van der Waals surface area contributed by atoms with Gasteiger partial charge in [0.2, 0.25) is 26.0 Å². The van der Waals surface area contributed by atoms with E-state index in [4.69, 9.17) is 4.74 Å². The van der Waals surface area contributed by atoms with Crippen LogP contribution < -0.4 is 9.62 Å². The average Bonchev–Trinajstić information content (AvgIpc) is 2.59. The lowest BCUT2D eigenvalue weighted by Gasteiger charge is -2.26. The Hall–Kier alpha value is -1.69. The standard InChI is InChI=1S/C16H25N3O6S2/c1-13(2)17-16(20)12-19(26(3,21)22)14-4-6-15(7-5-14)27(23,24)18-8-10-25-11-9-18/h4-7,13H,8-12H2,1-3H3,(H,17,20). The summed E-state index contributed by atoms with van der Waals surface area (Å²) in [6.07, 6.45) is 0.994. The number of sulfonamides is 2. The van der Waals surface area contributed by atoms with Crippen LogP contribution in [0, 0.1) is 0 Å². The van der Waals surface area contributed by atoms with Crippen molar-refractivity contribution in [1.29, 1.82) is 0 Å². The Morgan fingerprint density at radius 3 is 2.19 bits per heavy atom. The molecule has 0 unspecified atom stereocenters. The summed E-state index contributed by atoms with van der Waals surface area (Å²) in [5.41, 5.74) is 0.220. The van der Waals surface area contributed by atoms with Crippen LogP contribution in [0.15, 0.2) is 29.2 Å². The monoisotopic (exact) mass is 419 g/mol. The van der Waals surface area contributed by atoms with Crippen LogP contribution in [0.5, 0.6) is 0 Å². The van der Waals surface area contributed by atoms with Gasteiger partial charge in [-0.25, -0.2) is 16.8 Å². The molecule has 0 aromatic heterocycles. The first kappa shape index (κ1) is 21.6. The number of carbonyl (C=O) groups is 1. The lowest BCUT2D eigenvalue weighted by Crippen LogP contribution is -2.42. The molecule has 0 spiro atoms. The molecule has 9 nitrogen and oxygen atoms in total. The van der Waals surface area contributed by atoms with Gasteiger partial charge in [0.25, 0.3) is 0 Å². The average molecular weight is 420 g/mol. The van der Waals surface area contributed by atoms with Crippen LogP contribution in [0.3, 0.4) is 0 Å². The lowest BCUT2D eigenvalue weighted by atomic mass is 10.3. The summed E-state index contributed by atoms with van der Waals surface area (Å²) in [7, 11) is -7.39. The molecule has 0 aliphatic carbocycles. The van der Waals surface area contributed by atoms with Gasteiger partial charge in [0.15, 0.2) is 0 Å². The molecule has 1 fully saturated rings. The van der Waals surface area contributed by atoms with E-state index in [9.17, 15) is 21.6 Å². The van der Waals surface area contributed by atoms with Gasteiger partial charge in [0.1, 0.15) is 6.54 Å². The van der Waals surface area contributed by atoms with Crippen molar-refractivity contribution in [3.05, 3.63) is 24.3 Å². The van der Waals surface area contributed by atoms with E-state index in [0.29, 0.717) is 13.2 Å². The first-order chi connectivity index (χ1) is 12.5. The molecule has 1 aromatic carbocycles. The first-order valence-corrected chi connectivity index (χ1v) is 11.8. The predicted octanol–water partition coefficient (Wildman–Crippen LogP) is -0.00190. The predicted molar refractivity (Wildman–Crippen MR) is 101 cm³/mol. The van der Waals surface area contributed by atoms with Crippen molar-refractivity contribution in [2.24, 2.45) is 0 Å². The van der Waals surface area contributed by atoms with E-state index in [1.54, 1.807) is 13.8 Å². The third kappa shape index (κ3) is 5.64. The Balaban J connectivity index is 2.25. The van der Waals surface area contributed by atoms with Crippen LogP contribution >= 0.6 is 0 Å². The third-order valence-electron chi connectivity index (χ3n) is 3.87. The number of nitrogens with zero attached hydrogens (tertiary/aromatic N) is 2. The van der Waals surface area contributed by atoms with Gasteiger partial charge >= 0.3 is 0 Å². The molecule has 1 amide bonds. The molecule has 1 aliphatic rings. The maximum absolute atomic E-state index is 12.6. The lowest BCUT2D eigenvalue weighted by molar-refractivity contribution is -0.120. The van der Waals surface area contributed by atoms with Gasteiger partial charge in [-0.05, 0) is 38.1 Å². The van der Waals surface area contributed by atoms with Crippen molar-refractivity contribution >= 4 is 31.6 Å². The summed E-state index contributed by atoms with van der Waals surface area (Å²) in [6.45, 7) is 4.38. The van der Waals surface area contributed by atoms with Crippen molar-refractivity contribution < 1.29 is 26.4 Å². The Labute approximate surface area is 160 Å². The largest absolute Gasteiger partial charge is 0.379 e. The molecule has 1 aliphatic heterocycles. The van der Waals surface area contributed by atoms with E-state index in [1.807, 2.05) is 0 Å². The summed E-state index contributed by atoms with van der Waals surface area (Å²) >= 11 is 0. The van der Waals surface area contributed by atoms with Crippen molar-refractivity contribution in [1.82, 2.24) is 9.62 Å². The highest BCUT2D eigenvalue weighted by Crippen LogP contribution is 2.23. The molecule has 1 heterocycles. The fourth-order valence-corrected chi connectivity index (χ4v) is 4.88. The maximum atomic E-state index is 12.6. The number of benzene rings is 1. The van der Waals surface area contributed by atoms with Gasteiger partial charge in [-0.1, -0.05) is 0 Å². The van der Waals surface area contributed by atoms with Gasteiger partial charge in [-0.3, -0.25) is 9.10 Å². The molecule has 2 rings (SSSR count). The van der Waals surface area contributed by atoms with Crippen LogP contribution in [0.1, 0.15) is 13.8 Å². The van der Waals surface area contributed by atoms with Crippen LogP contribution in [0.25, 0.3) is 0 Å². The van der Waals surface area contributed by atoms with Gasteiger partial charge in [0.05, 0.1) is 30.1 Å². The van der Waals surface area contributed by atoms with Crippen LogP contribution in [0.2, 0.25) is 0 Å². The van der Waals surface area contributed by atoms with Crippen molar-refractivity contribution in [2.45, 2.75) is 24.8 Å². The topological polar surface area (TPSA) is 113 Å². The molecule has 1 N–H and O–H groups in total. The SMILES string of the molecule is CC(C)NC(=O)CN(c1ccc(S(=O)(=O)N2CCOCC2)cc1)S(C)(=O)=O. The van der Waals surface area contributed by atoms with Crippen LogP contribution in [0.4, 0.5) is 5.69 Å². The summed E-state index contributed by atoms with van der Waals surface area (Å²) in [5, 5.41) is 2.63. The molecule has 0 radical (unpaired) electrons. The Morgan fingerprint density at radius 2 is 1.70 bits per heavy atom. The third-order valence-corrected chi connectivity index (χ3v) is 6.92. The van der Waals surface area contributed by atoms with Gasteiger partial charge < -0.3 is 10.1 Å². The van der Waals surface area contributed by atoms with E-state index in [2.05, 4.69) is 5.32 Å². The highest BCUT2D eigenvalue weighted by molar-refractivity contribution is 7.92. The zero-order valence-electron chi connectivity index (χ0n) is 15.6. The molecule has 1 saturated heterocycles. The minimum Gasteiger partial charge on any atom is -0.379 e. The minimum absolute atomic E-state index is 0.0632. The number of hydrogen-bond acceptors (Lipinski definition) is 6. The number of morpholine rings is 1. The van der Waals surface area contributed by atoms with Gasteiger partial charge in [-0.2, -0.15) is 4.31 Å². The number of ether oxygens (including phenoxy) is 1. The normalized spacial score (nSPS) is 16.3. The molecular weight excluding hydrogens is 394 g/mol. The minimum atomic E-state index is -3.72. The molecule has 1 aromatic rings. The number of nitrogens with one attached hydrogen (secondary N) is 1. The number of rotatable bonds is 7. The zero-order valence-corrected chi connectivity index (χ0v) is 17.2. The second kappa shape index (κ2) is 8.55. The quantitative estimate of drug-likeness (QED) is 0.666. The summed E-state index contributed by atoms with van der Waals surface area (Å²) < 4.78 is 56.9. The molecule has 0 bridgehead atoms. The van der Waals surface area contributed by atoms with Crippen molar-refractivity contribution in [3.63, 3.8) is 0 Å². The van der Waals surface area contributed by atoms with E-state index in [0.717, 1.165) is 10.6 Å². The summed E-state index contributed by atoms with van der Waals surface area (Å²) in [4.78, 5) is 12.0. The smallest absolute Gasteiger partial charge is 0.243 e. The van der Waals surface area contributed by atoms with Crippen LogP contribution in [-0.2, 0) is 29.6 Å². The Kier molecular flexibility index (Phi) is 6.84. The summed E-state index contributed by atoms with van der Waals surface area (Å²) in [6, 6.07) is 5.34. The number of anilines is 1. The molecule has 0 atom stereocenters. The van der Waals surface area contributed by atoms with Crippen LogP contribution in [-0.4, -0.2) is 72.2 Å². The van der Waals surface area contributed by atoms with E-state index < -0.39 is 26.0 Å². The van der Waals surface area contributed by atoms with Crippen molar-refractivity contribution in [3.8, 4) is 0 Å². The maximum Gasteiger partial charge on any atom is 0.243 e. The Bertz CT molecular complexity index is 860. The molecular formula is C16H25N3O6S2. The summed E-state index contributed by atoms with van der Waals surface area (Å²) in [5.74, 6) is -0.444. The highest BCUT2D eigenvalue weighted by Gasteiger charge is 2.27. The van der Waals surface area contributed by atoms with E-state index >= 15 is 0 Å². The molecule has 152 valence electrons. The van der Waals surface area contributed by atoms with E-state index in [-0.39, 0.29) is 36.3 Å². The second-order valence-electron chi connectivity index (χ2n) is 6.50. The van der Waals surface area contributed by atoms with Gasteiger partial charge in [0, 0.05) is 19.1 Å². The van der Waals surface area contributed by atoms with Gasteiger partial charge in [-0.15, -0.1) is 0 Å². The first-order valence-electron chi connectivity index (χ1n) is 8.47. The fourth-order valence-electron chi connectivity index (χ4n) is 2.62. The highest BCUT2D eigenvalue weighted by atomic mass is 32.2. The second-order valence-corrected chi connectivity index (χ2v) is 10.3. The van der Waals surface area contributed by atoms with Crippen molar-refractivity contribution in [2.75, 3.05) is 43.4 Å². The fraction of sp³-hybridized carbons (Fsp3) is 0.562. The van der Waals surface area contributed by atoms with E-state index in [1.165, 1.54) is 28.6 Å². The number of amides is 1. The molecule has 11 heteroatoms. The number of hydrogen-bond donors (Lipinski definition) is 1. The molecule has 27 heavy (non-hydrogen) atoms. The Morgan fingerprint density at radius 1 is 1.15 bits per heavy atom. The molecule has 0 saturated carbocycles. The zero-order chi connectivity index (χ0) is 20.2. The number of carbonyl (C=O) groups excluding carboxylic acids is 1.